The van der Waals surface area contributed by atoms with Crippen LogP contribution in [0.15, 0.2) is 60.1 Å². The van der Waals surface area contributed by atoms with Gasteiger partial charge in [0.1, 0.15) is 9.88 Å². The van der Waals surface area contributed by atoms with Crippen molar-refractivity contribution in [2.24, 2.45) is 0 Å². The van der Waals surface area contributed by atoms with Crippen molar-refractivity contribution >= 4 is 56.0 Å². The van der Waals surface area contributed by atoms with Crippen LogP contribution in [0.5, 0.6) is 0 Å². The van der Waals surface area contributed by atoms with E-state index in [1.54, 1.807) is 17.5 Å². The number of fused-ring (bicyclic) bond motifs is 1. The predicted octanol–water partition coefficient (Wildman–Crippen LogP) is 5.93. The standard InChI is InChI=1S/C18H11ClN2OS2/c19-15-13-3-1-2-4-14(13)24-16(15)17(22)21-12-7-5-11(6-8-12)18-20-9-10-23-18/h1-10H,(H,21,22). The van der Waals surface area contributed by atoms with E-state index in [0.29, 0.717) is 9.90 Å². The Morgan fingerprint density at radius 3 is 2.58 bits per heavy atom. The first-order chi connectivity index (χ1) is 11.7. The number of halogens is 1. The number of thiophene rings is 1. The monoisotopic (exact) mass is 370 g/mol. The van der Waals surface area contributed by atoms with Crippen LogP contribution in [0.25, 0.3) is 20.7 Å². The van der Waals surface area contributed by atoms with Crippen molar-refractivity contribution in [3.63, 3.8) is 0 Å². The Labute approximate surface area is 151 Å². The molecule has 2 aromatic carbocycles. The van der Waals surface area contributed by atoms with E-state index in [2.05, 4.69) is 10.3 Å². The number of benzene rings is 2. The zero-order valence-corrected chi connectivity index (χ0v) is 14.7. The topological polar surface area (TPSA) is 42.0 Å². The van der Waals surface area contributed by atoms with Crippen molar-refractivity contribution in [2.75, 3.05) is 5.32 Å². The van der Waals surface area contributed by atoms with Crippen LogP contribution >= 0.6 is 34.3 Å². The third-order valence-electron chi connectivity index (χ3n) is 3.56. The van der Waals surface area contributed by atoms with E-state index >= 15 is 0 Å². The van der Waals surface area contributed by atoms with E-state index in [9.17, 15) is 4.79 Å². The minimum Gasteiger partial charge on any atom is -0.321 e. The molecule has 0 aliphatic carbocycles. The summed E-state index contributed by atoms with van der Waals surface area (Å²) in [6.45, 7) is 0. The number of rotatable bonds is 3. The number of amides is 1. The summed E-state index contributed by atoms with van der Waals surface area (Å²) in [5, 5.41) is 7.22. The van der Waals surface area contributed by atoms with Gasteiger partial charge in [-0.15, -0.1) is 22.7 Å². The highest BCUT2D eigenvalue weighted by atomic mass is 35.5. The third-order valence-corrected chi connectivity index (χ3v) is 6.06. The molecule has 0 unspecified atom stereocenters. The Bertz CT molecular complexity index is 1010. The van der Waals surface area contributed by atoms with Crippen LogP contribution in [0.3, 0.4) is 0 Å². The maximum absolute atomic E-state index is 12.5. The van der Waals surface area contributed by atoms with Crippen LogP contribution in [-0.4, -0.2) is 10.9 Å². The van der Waals surface area contributed by atoms with Gasteiger partial charge in [0, 0.05) is 32.9 Å². The van der Waals surface area contributed by atoms with Crippen molar-refractivity contribution < 1.29 is 4.79 Å². The zero-order valence-electron chi connectivity index (χ0n) is 12.3. The zero-order chi connectivity index (χ0) is 16.5. The molecular formula is C18H11ClN2OS2. The summed E-state index contributed by atoms with van der Waals surface area (Å²) in [6.07, 6.45) is 1.78. The SMILES string of the molecule is O=C(Nc1ccc(-c2nccs2)cc1)c1sc2ccccc2c1Cl. The lowest BCUT2D eigenvalue weighted by atomic mass is 10.2. The lowest BCUT2D eigenvalue weighted by Crippen LogP contribution is -2.10. The molecule has 0 spiro atoms. The van der Waals surface area contributed by atoms with Gasteiger partial charge < -0.3 is 5.32 Å². The summed E-state index contributed by atoms with van der Waals surface area (Å²) in [5.74, 6) is -0.191. The first kappa shape index (κ1) is 15.3. The molecule has 0 aliphatic heterocycles. The average molecular weight is 371 g/mol. The molecule has 2 aromatic heterocycles. The molecular weight excluding hydrogens is 360 g/mol. The summed E-state index contributed by atoms with van der Waals surface area (Å²) >= 11 is 9.34. The van der Waals surface area contributed by atoms with E-state index in [4.69, 9.17) is 11.6 Å². The fourth-order valence-electron chi connectivity index (χ4n) is 2.41. The molecule has 118 valence electrons. The van der Waals surface area contributed by atoms with Crippen LogP contribution < -0.4 is 5.32 Å². The number of carbonyl (C=O) groups excluding carboxylic acids is 1. The second kappa shape index (κ2) is 6.36. The minimum absolute atomic E-state index is 0.191. The number of nitrogens with one attached hydrogen (secondary N) is 1. The molecule has 0 bridgehead atoms. The Balaban J connectivity index is 1.58. The van der Waals surface area contributed by atoms with Crippen molar-refractivity contribution in [3.05, 3.63) is 70.0 Å². The number of hydrogen-bond donors (Lipinski definition) is 1. The number of carbonyl (C=O) groups is 1. The maximum atomic E-state index is 12.5. The summed E-state index contributed by atoms with van der Waals surface area (Å²) in [6, 6.07) is 15.4. The molecule has 0 radical (unpaired) electrons. The molecule has 1 amide bonds. The van der Waals surface area contributed by atoms with Crippen molar-refractivity contribution in [2.45, 2.75) is 0 Å². The van der Waals surface area contributed by atoms with Gasteiger partial charge in [-0.1, -0.05) is 29.8 Å². The molecule has 1 N–H and O–H groups in total. The molecule has 0 fully saturated rings. The van der Waals surface area contributed by atoms with Crippen molar-refractivity contribution in [3.8, 4) is 10.6 Å². The number of thiazole rings is 1. The first-order valence-corrected chi connectivity index (χ1v) is 9.28. The van der Waals surface area contributed by atoms with E-state index in [0.717, 1.165) is 26.3 Å². The molecule has 2 heterocycles. The van der Waals surface area contributed by atoms with Gasteiger partial charge in [-0.2, -0.15) is 0 Å². The maximum Gasteiger partial charge on any atom is 0.267 e. The minimum atomic E-state index is -0.191. The Hall–Kier alpha value is -2.21. The third kappa shape index (κ3) is 2.82. The molecule has 4 rings (SSSR count). The van der Waals surface area contributed by atoms with E-state index in [1.165, 1.54) is 11.3 Å². The van der Waals surface area contributed by atoms with Crippen LogP contribution in [0.2, 0.25) is 5.02 Å². The van der Waals surface area contributed by atoms with E-state index in [-0.39, 0.29) is 5.91 Å². The van der Waals surface area contributed by atoms with Crippen molar-refractivity contribution in [1.29, 1.82) is 0 Å². The number of anilines is 1. The van der Waals surface area contributed by atoms with E-state index in [1.807, 2.05) is 53.9 Å². The smallest absolute Gasteiger partial charge is 0.267 e. The average Bonchev–Trinajstić information content (AvgIpc) is 3.24. The van der Waals surface area contributed by atoms with Crippen molar-refractivity contribution in [1.82, 2.24) is 4.98 Å². The van der Waals surface area contributed by atoms with Crippen LogP contribution in [0.1, 0.15) is 9.67 Å². The molecule has 3 nitrogen and oxygen atoms in total. The van der Waals surface area contributed by atoms with Gasteiger partial charge >= 0.3 is 0 Å². The van der Waals surface area contributed by atoms with Gasteiger partial charge in [0.25, 0.3) is 5.91 Å². The van der Waals surface area contributed by atoms with Gasteiger partial charge in [0.05, 0.1) is 5.02 Å². The second-order valence-corrected chi connectivity index (χ2v) is 7.43. The molecule has 0 atom stereocenters. The number of hydrogen-bond acceptors (Lipinski definition) is 4. The first-order valence-electron chi connectivity index (χ1n) is 7.21. The second-order valence-electron chi connectivity index (χ2n) is 5.11. The summed E-state index contributed by atoms with van der Waals surface area (Å²) < 4.78 is 1.01. The quantitative estimate of drug-likeness (QED) is 0.485. The summed E-state index contributed by atoms with van der Waals surface area (Å²) in [5.41, 5.74) is 1.76. The van der Waals surface area contributed by atoms with Gasteiger partial charge in [-0.25, -0.2) is 4.98 Å². The molecule has 4 aromatic rings. The summed E-state index contributed by atoms with van der Waals surface area (Å²) in [7, 11) is 0. The lowest BCUT2D eigenvalue weighted by Gasteiger charge is -2.05. The highest BCUT2D eigenvalue weighted by molar-refractivity contribution is 7.21. The Morgan fingerprint density at radius 1 is 1.08 bits per heavy atom. The summed E-state index contributed by atoms with van der Waals surface area (Å²) in [4.78, 5) is 17.3. The lowest BCUT2D eigenvalue weighted by molar-refractivity contribution is 0.103. The van der Waals surface area contributed by atoms with Crippen LogP contribution in [0.4, 0.5) is 5.69 Å². The number of aromatic nitrogens is 1. The molecule has 0 saturated carbocycles. The number of nitrogens with zero attached hydrogens (tertiary/aromatic N) is 1. The van der Waals surface area contributed by atoms with Crippen LogP contribution in [0, 0.1) is 0 Å². The van der Waals surface area contributed by atoms with Gasteiger partial charge in [-0.3, -0.25) is 4.79 Å². The van der Waals surface area contributed by atoms with Gasteiger partial charge in [0.15, 0.2) is 0 Å². The fourth-order valence-corrected chi connectivity index (χ4v) is 4.47. The van der Waals surface area contributed by atoms with E-state index < -0.39 is 0 Å². The van der Waals surface area contributed by atoms with Gasteiger partial charge in [0.2, 0.25) is 0 Å². The fraction of sp³-hybridized carbons (Fsp3) is 0. The van der Waals surface area contributed by atoms with Gasteiger partial charge in [-0.05, 0) is 30.3 Å². The molecule has 24 heavy (non-hydrogen) atoms. The highest BCUT2D eigenvalue weighted by Gasteiger charge is 2.17. The van der Waals surface area contributed by atoms with Crippen LogP contribution in [-0.2, 0) is 0 Å². The molecule has 0 aliphatic rings. The Kier molecular flexibility index (Phi) is 4.06. The highest BCUT2D eigenvalue weighted by Crippen LogP contribution is 2.35. The molecule has 0 saturated heterocycles. The normalized spacial score (nSPS) is 10.9. The Morgan fingerprint density at radius 2 is 1.88 bits per heavy atom. The largest absolute Gasteiger partial charge is 0.321 e. The predicted molar refractivity (Wildman–Crippen MR) is 102 cm³/mol. The molecule has 6 heteroatoms.